The minimum Gasteiger partial charge on any atom is -0.381 e. The van der Waals surface area contributed by atoms with Crippen molar-refractivity contribution in [1.82, 2.24) is 5.32 Å². The molecule has 8 nitrogen and oxygen atoms in total. The number of amides is 1. The summed E-state index contributed by atoms with van der Waals surface area (Å²) in [5, 5.41) is 16.7. The van der Waals surface area contributed by atoms with E-state index >= 15 is 0 Å². The molecule has 134 valence electrons. The number of nitrogens with zero attached hydrogens (tertiary/aromatic N) is 1. The van der Waals surface area contributed by atoms with Gasteiger partial charge in [0, 0.05) is 38.9 Å². The van der Waals surface area contributed by atoms with Crippen LogP contribution in [-0.2, 0) is 9.53 Å². The molecule has 1 saturated heterocycles. The molecule has 1 heterocycles. The van der Waals surface area contributed by atoms with E-state index < -0.39 is 10.3 Å². The fourth-order valence-corrected chi connectivity index (χ4v) is 2.63. The number of nitro groups is 1. The van der Waals surface area contributed by atoms with Gasteiger partial charge in [-0.15, -0.1) is 12.4 Å². The zero-order chi connectivity index (χ0) is 16.7. The second-order valence-electron chi connectivity index (χ2n) is 5.55. The van der Waals surface area contributed by atoms with Gasteiger partial charge in [-0.25, -0.2) is 0 Å². The number of ether oxygens (including phenoxy) is 1. The van der Waals surface area contributed by atoms with E-state index in [0.717, 1.165) is 0 Å². The number of para-hydroxylation sites is 2. The zero-order valence-electron chi connectivity index (χ0n) is 13.3. The van der Waals surface area contributed by atoms with E-state index in [4.69, 9.17) is 10.5 Å². The molecule has 0 bridgehead atoms. The monoisotopic (exact) mass is 358 g/mol. The maximum absolute atomic E-state index is 12.4. The molecule has 1 aliphatic rings. The molecule has 0 radical (unpaired) electrons. The van der Waals surface area contributed by atoms with Gasteiger partial charge in [-0.3, -0.25) is 14.9 Å². The summed E-state index contributed by atoms with van der Waals surface area (Å²) in [6.07, 6.45) is 1.24. The van der Waals surface area contributed by atoms with Crippen LogP contribution in [0.2, 0.25) is 0 Å². The van der Waals surface area contributed by atoms with Gasteiger partial charge in [0.25, 0.3) is 5.69 Å². The molecule has 0 unspecified atom stereocenters. The van der Waals surface area contributed by atoms with Gasteiger partial charge in [-0.2, -0.15) is 0 Å². The summed E-state index contributed by atoms with van der Waals surface area (Å²) in [4.78, 5) is 22.8. The molecule has 1 aromatic rings. The minimum atomic E-state index is -0.559. The highest BCUT2D eigenvalue weighted by atomic mass is 35.5. The van der Waals surface area contributed by atoms with Gasteiger partial charge in [0.2, 0.25) is 5.91 Å². The number of carbonyl (C=O) groups excluding carboxylic acids is 1. The standard InChI is InChI=1S/C15H22N4O4.ClH/c16-11-15(5-9-23-10-6-15)14(20)18-8-7-17-12-3-1-2-4-13(12)19(21)22;/h1-4,17H,5-11,16H2,(H,18,20);1H. The predicted octanol–water partition coefficient (Wildman–Crippen LogP) is 1.30. The van der Waals surface area contributed by atoms with E-state index in [9.17, 15) is 14.9 Å². The van der Waals surface area contributed by atoms with E-state index in [-0.39, 0.29) is 24.0 Å². The van der Waals surface area contributed by atoms with Gasteiger partial charge >= 0.3 is 0 Å². The fourth-order valence-electron chi connectivity index (χ4n) is 2.63. The van der Waals surface area contributed by atoms with Gasteiger partial charge < -0.3 is 21.1 Å². The Labute approximate surface area is 146 Å². The van der Waals surface area contributed by atoms with Crippen molar-refractivity contribution in [2.24, 2.45) is 11.1 Å². The van der Waals surface area contributed by atoms with Crippen LogP contribution in [0.15, 0.2) is 24.3 Å². The lowest BCUT2D eigenvalue weighted by Crippen LogP contribution is -2.50. The number of nitro benzene ring substituents is 1. The Morgan fingerprint density at radius 1 is 1.29 bits per heavy atom. The van der Waals surface area contributed by atoms with E-state index in [1.165, 1.54) is 6.07 Å². The topological polar surface area (TPSA) is 120 Å². The highest BCUT2D eigenvalue weighted by molar-refractivity contribution is 5.85. The smallest absolute Gasteiger partial charge is 0.292 e. The summed E-state index contributed by atoms with van der Waals surface area (Å²) in [5.41, 5.74) is 5.67. The molecule has 4 N–H and O–H groups in total. The van der Waals surface area contributed by atoms with Crippen LogP contribution in [-0.4, -0.2) is 43.7 Å². The van der Waals surface area contributed by atoms with Crippen molar-refractivity contribution in [3.05, 3.63) is 34.4 Å². The summed E-state index contributed by atoms with van der Waals surface area (Å²) in [6, 6.07) is 6.41. The van der Waals surface area contributed by atoms with Gasteiger partial charge in [0.05, 0.1) is 10.3 Å². The Bertz CT molecular complexity index is 564. The third-order valence-corrected chi connectivity index (χ3v) is 4.15. The molecule has 2 rings (SSSR count). The first kappa shape index (κ1) is 20.1. The van der Waals surface area contributed by atoms with Crippen molar-refractivity contribution in [3.8, 4) is 0 Å². The van der Waals surface area contributed by atoms with Crippen LogP contribution >= 0.6 is 12.4 Å². The first-order chi connectivity index (χ1) is 11.1. The lowest BCUT2D eigenvalue weighted by molar-refractivity contribution is -0.384. The summed E-state index contributed by atoms with van der Waals surface area (Å²) < 4.78 is 5.28. The number of benzene rings is 1. The molecule has 0 saturated carbocycles. The number of hydrogen-bond acceptors (Lipinski definition) is 6. The van der Waals surface area contributed by atoms with Crippen molar-refractivity contribution in [1.29, 1.82) is 0 Å². The van der Waals surface area contributed by atoms with Crippen LogP contribution in [0.4, 0.5) is 11.4 Å². The van der Waals surface area contributed by atoms with Crippen LogP contribution in [0.1, 0.15) is 12.8 Å². The van der Waals surface area contributed by atoms with Crippen molar-refractivity contribution in [3.63, 3.8) is 0 Å². The Hall–Kier alpha value is -1.90. The molecule has 9 heteroatoms. The van der Waals surface area contributed by atoms with Gasteiger partial charge in [0.1, 0.15) is 5.69 Å². The molecular weight excluding hydrogens is 336 g/mol. The van der Waals surface area contributed by atoms with Gasteiger partial charge in [-0.1, -0.05) is 12.1 Å². The Morgan fingerprint density at radius 3 is 2.58 bits per heavy atom. The summed E-state index contributed by atoms with van der Waals surface area (Å²) >= 11 is 0. The fraction of sp³-hybridized carbons (Fsp3) is 0.533. The SMILES string of the molecule is Cl.NCC1(C(=O)NCCNc2ccccc2[N+](=O)[O-])CCOCC1. The average molecular weight is 359 g/mol. The maximum atomic E-state index is 12.4. The average Bonchev–Trinajstić information content (AvgIpc) is 2.59. The van der Waals surface area contributed by atoms with E-state index in [1.54, 1.807) is 18.2 Å². The number of carbonyl (C=O) groups is 1. The summed E-state index contributed by atoms with van der Waals surface area (Å²) in [7, 11) is 0. The van der Waals surface area contributed by atoms with Gasteiger partial charge in [-0.05, 0) is 18.9 Å². The third kappa shape index (κ3) is 4.80. The molecule has 0 spiro atoms. The molecule has 0 atom stereocenters. The summed E-state index contributed by atoms with van der Waals surface area (Å²) in [5.74, 6) is -0.0762. The third-order valence-electron chi connectivity index (χ3n) is 4.15. The van der Waals surface area contributed by atoms with Crippen molar-refractivity contribution >= 4 is 29.7 Å². The summed E-state index contributed by atoms with van der Waals surface area (Å²) in [6.45, 7) is 2.14. The quantitative estimate of drug-likeness (QED) is 0.384. The zero-order valence-corrected chi connectivity index (χ0v) is 14.1. The number of hydrogen-bond donors (Lipinski definition) is 3. The van der Waals surface area contributed by atoms with E-state index in [2.05, 4.69) is 10.6 Å². The Balaban J connectivity index is 0.00000288. The number of nitrogens with two attached hydrogens (primary N) is 1. The number of rotatable bonds is 7. The molecule has 1 fully saturated rings. The molecule has 1 aromatic carbocycles. The molecular formula is C15H23ClN4O4. The molecule has 0 aromatic heterocycles. The van der Waals surface area contributed by atoms with E-state index in [0.29, 0.717) is 51.4 Å². The first-order valence-corrected chi connectivity index (χ1v) is 7.62. The highest BCUT2D eigenvalue weighted by Crippen LogP contribution is 2.29. The van der Waals surface area contributed by atoms with Gasteiger partial charge in [0.15, 0.2) is 0 Å². The molecule has 24 heavy (non-hydrogen) atoms. The lowest BCUT2D eigenvalue weighted by Gasteiger charge is -2.34. The predicted molar refractivity (Wildman–Crippen MR) is 93.4 cm³/mol. The maximum Gasteiger partial charge on any atom is 0.292 e. The second-order valence-corrected chi connectivity index (χ2v) is 5.55. The van der Waals surface area contributed by atoms with Crippen molar-refractivity contribution in [2.75, 3.05) is 38.2 Å². The van der Waals surface area contributed by atoms with Crippen LogP contribution in [0.3, 0.4) is 0 Å². The number of nitrogens with one attached hydrogen (secondary N) is 2. The molecule has 1 amide bonds. The molecule has 1 aliphatic heterocycles. The minimum absolute atomic E-state index is 0. The lowest BCUT2D eigenvalue weighted by atomic mass is 9.79. The first-order valence-electron chi connectivity index (χ1n) is 7.62. The van der Waals surface area contributed by atoms with Crippen LogP contribution in [0.5, 0.6) is 0 Å². The van der Waals surface area contributed by atoms with E-state index in [1.807, 2.05) is 0 Å². The Morgan fingerprint density at radius 2 is 1.96 bits per heavy atom. The highest BCUT2D eigenvalue weighted by Gasteiger charge is 2.38. The Kier molecular flexibility index (Phi) is 7.90. The normalized spacial score (nSPS) is 15.9. The number of anilines is 1. The van der Waals surface area contributed by atoms with Crippen molar-refractivity contribution < 1.29 is 14.5 Å². The second kappa shape index (κ2) is 9.41. The van der Waals surface area contributed by atoms with Crippen LogP contribution in [0, 0.1) is 15.5 Å². The number of halogens is 1. The van der Waals surface area contributed by atoms with Crippen molar-refractivity contribution in [2.45, 2.75) is 12.8 Å². The molecule has 0 aliphatic carbocycles. The van der Waals surface area contributed by atoms with Crippen LogP contribution < -0.4 is 16.4 Å². The van der Waals surface area contributed by atoms with Crippen LogP contribution in [0.25, 0.3) is 0 Å². The largest absolute Gasteiger partial charge is 0.381 e.